The second-order valence-corrected chi connectivity index (χ2v) is 5.34. The van der Waals surface area contributed by atoms with Gasteiger partial charge in [0.15, 0.2) is 0 Å². The molecule has 2 aromatic carbocycles. The Labute approximate surface area is 124 Å². The van der Waals surface area contributed by atoms with Crippen LogP contribution in [0, 0.1) is 17.2 Å². The molecule has 3 heteroatoms. The summed E-state index contributed by atoms with van der Waals surface area (Å²) in [4.78, 5) is 12.3. The van der Waals surface area contributed by atoms with Gasteiger partial charge >= 0.3 is 0 Å². The molecular formula is C18H16N2O. The molecule has 3 unspecified atom stereocenters. The fraction of sp³-hybridized carbons (Fsp3) is 0.222. The quantitative estimate of drug-likeness (QED) is 0.932. The van der Waals surface area contributed by atoms with Crippen molar-refractivity contribution in [3.63, 3.8) is 0 Å². The molecule has 1 amide bonds. The zero-order valence-electron chi connectivity index (χ0n) is 11.6. The maximum absolute atomic E-state index is 12.3. The van der Waals surface area contributed by atoms with Gasteiger partial charge in [0.25, 0.3) is 0 Å². The molecule has 0 bridgehead atoms. The summed E-state index contributed by atoms with van der Waals surface area (Å²) in [6.07, 6.45) is 0.864. The van der Waals surface area contributed by atoms with Crippen molar-refractivity contribution in [2.45, 2.75) is 18.4 Å². The van der Waals surface area contributed by atoms with Crippen LogP contribution >= 0.6 is 0 Å². The number of carbonyl (C=O) groups excluding carboxylic acids is 1. The Morgan fingerprint density at radius 1 is 1.10 bits per heavy atom. The highest BCUT2D eigenvalue weighted by Crippen LogP contribution is 2.47. The molecule has 1 fully saturated rings. The number of carbonyl (C=O) groups is 1. The number of rotatable bonds is 4. The minimum atomic E-state index is -0.573. The number of nitrogens with zero attached hydrogens (tertiary/aromatic N) is 1. The lowest BCUT2D eigenvalue weighted by Crippen LogP contribution is -2.29. The lowest BCUT2D eigenvalue weighted by Gasteiger charge is -2.11. The van der Waals surface area contributed by atoms with Crippen molar-refractivity contribution in [3.05, 3.63) is 71.8 Å². The second kappa shape index (κ2) is 5.80. The molecule has 0 aromatic heterocycles. The molecular weight excluding hydrogens is 260 g/mol. The molecule has 3 rings (SSSR count). The van der Waals surface area contributed by atoms with Gasteiger partial charge in [0, 0.05) is 5.92 Å². The van der Waals surface area contributed by atoms with Gasteiger partial charge in [0.05, 0.1) is 6.07 Å². The zero-order valence-corrected chi connectivity index (χ0v) is 11.6. The van der Waals surface area contributed by atoms with Gasteiger partial charge in [-0.3, -0.25) is 4.79 Å². The van der Waals surface area contributed by atoms with Gasteiger partial charge < -0.3 is 5.32 Å². The maximum Gasteiger partial charge on any atom is 0.225 e. The summed E-state index contributed by atoms with van der Waals surface area (Å²) in [6.45, 7) is 0. The first-order valence-electron chi connectivity index (χ1n) is 7.09. The third-order valence-corrected chi connectivity index (χ3v) is 3.90. The molecule has 0 radical (unpaired) electrons. The standard InChI is InChI=1S/C18H16N2O/c19-12-17(14-9-5-2-6-10-14)20-18(21)16-11-15(16)13-7-3-1-4-8-13/h1-10,15-17H,11H2,(H,20,21). The van der Waals surface area contributed by atoms with E-state index in [-0.39, 0.29) is 11.8 Å². The van der Waals surface area contributed by atoms with Crippen molar-refractivity contribution < 1.29 is 4.79 Å². The van der Waals surface area contributed by atoms with Crippen molar-refractivity contribution in [2.24, 2.45) is 5.92 Å². The molecule has 0 spiro atoms. The van der Waals surface area contributed by atoms with E-state index in [1.54, 1.807) is 0 Å². The highest BCUT2D eigenvalue weighted by atomic mass is 16.2. The van der Waals surface area contributed by atoms with Crippen molar-refractivity contribution in [1.29, 1.82) is 5.26 Å². The monoisotopic (exact) mass is 276 g/mol. The molecule has 1 N–H and O–H groups in total. The fourth-order valence-corrected chi connectivity index (χ4v) is 2.64. The lowest BCUT2D eigenvalue weighted by atomic mass is 10.1. The molecule has 2 aromatic rings. The largest absolute Gasteiger partial charge is 0.336 e. The molecule has 104 valence electrons. The number of benzene rings is 2. The smallest absolute Gasteiger partial charge is 0.225 e. The minimum absolute atomic E-state index is 0.00744. The summed E-state index contributed by atoms with van der Waals surface area (Å²) in [5.74, 6) is 0.257. The number of amides is 1. The number of hydrogen-bond donors (Lipinski definition) is 1. The normalized spacial score (nSPS) is 21.1. The van der Waals surface area contributed by atoms with E-state index >= 15 is 0 Å². The van der Waals surface area contributed by atoms with Gasteiger partial charge in [-0.25, -0.2) is 0 Å². The van der Waals surface area contributed by atoms with E-state index in [4.69, 9.17) is 0 Å². The predicted molar refractivity (Wildman–Crippen MR) is 80.2 cm³/mol. The van der Waals surface area contributed by atoms with Crippen LogP contribution in [0.4, 0.5) is 0 Å². The SMILES string of the molecule is N#CC(NC(=O)C1CC1c1ccccc1)c1ccccc1. The van der Waals surface area contributed by atoms with Crippen molar-refractivity contribution >= 4 is 5.91 Å². The Morgan fingerprint density at radius 3 is 2.33 bits per heavy atom. The van der Waals surface area contributed by atoms with Crippen LogP contribution in [0.15, 0.2) is 60.7 Å². The Hall–Kier alpha value is -2.60. The summed E-state index contributed by atoms with van der Waals surface area (Å²) >= 11 is 0. The third kappa shape index (κ3) is 2.95. The first kappa shape index (κ1) is 13.4. The van der Waals surface area contributed by atoms with Crippen LogP contribution in [0.1, 0.15) is 29.5 Å². The van der Waals surface area contributed by atoms with E-state index in [9.17, 15) is 10.1 Å². The van der Waals surface area contributed by atoms with Crippen LogP contribution in [0.25, 0.3) is 0 Å². The topological polar surface area (TPSA) is 52.9 Å². The molecule has 0 aliphatic heterocycles. The van der Waals surface area contributed by atoms with Gasteiger partial charge in [0.2, 0.25) is 5.91 Å². The molecule has 0 saturated heterocycles. The van der Waals surface area contributed by atoms with Crippen molar-refractivity contribution in [3.8, 4) is 6.07 Å². The van der Waals surface area contributed by atoms with Gasteiger partial charge in [-0.05, 0) is 23.5 Å². The van der Waals surface area contributed by atoms with E-state index in [2.05, 4.69) is 23.5 Å². The Kier molecular flexibility index (Phi) is 3.70. The molecule has 21 heavy (non-hydrogen) atoms. The van der Waals surface area contributed by atoms with Crippen molar-refractivity contribution in [1.82, 2.24) is 5.32 Å². The number of hydrogen-bond acceptors (Lipinski definition) is 2. The third-order valence-electron chi connectivity index (χ3n) is 3.90. The average Bonchev–Trinajstić information content (AvgIpc) is 3.35. The zero-order chi connectivity index (χ0) is 14.7. The number of nitrogens with one attached hydrogen (secondary N) is 1. The Morgan fingerprint density at radius 2 is 1.71 bits per heavy atom. The van der Waals surface area contributed by atoms with E-state index in [0.717, 1.165) is 12.0 Å². The molecule has 3 atom stereocenters. The van der Waals surface area contributed by atoms with Gasteiger partial charge in [-0.15, -0.1) is 0 Å². The van der Waals surface area contributed by atoms with E-state index in [0.29, 0.717) is 5.92 Å². The van der Waals surface area contributed by atoms with E-state index in [1.165, 1.54) is 5.56 Å². The highest BCUT2D eigenvalue weighted by Gasteiger charge is 2.44. The minimum Gasteiger partial charge on any atom is -0.336 e. The van der Waals surface area contributed by atoms with Crippen LogP contribution in [-0.4, -0.2) is 5.91 Å². The van der Waals surface area contributed by atoms with Crippen LogP contribution in [0.2, 0.25) is 0 Å². The molecule has 3 nitrogen and oxygen atoms in total. The summed E-state index contributed by atoms with van der Waals surface area (Å²) in [5.41, 5.74) is 2.02. The van der Waals surface area contributed by atoms with Crippen molar-refractivity contribution in [2.75, 3.05) is 0 Å². The van der Waals surface area contributed by atoms with E-state index < -0.39 is 6.04 Å². The average molecular weight is 276 g/mol. The predicted octanol–water partition coefficient (Wildman–Crippen LogP) is 3.17. The van der Waals surface area contributed by atoms with Crippen LogP contribution in [-0.2, 0) is 4.79 Å². The fourth-order valence-electron chi connectivity index (χ4n) is 2.64. The highest BCUT2D eigenvalue weighted by molar-refractivity contribution is 5.83. The first-order chi connectivity index (χ1) is 10.3. The van der Waals surface area contributed by atoms with Crippen LogP contribution < -0.4 is 5.32 Å². The van der Waals surface area contributed by atoms with Gasteiger partial charge in [-0.2, -0.15) is 5.26 Å². The summed E-state index contributed by atoms with van der Waals surface area (Å²) in [7, 11) is 0. The van der Waals surface area contributed by atoms with Crippen LogP contribution in [0.5, 0.6) is 0 Å². The molecule has 1 aliphatic rings. The Balaban J connectivity index is 1.64. The van der Waals surface area contributed by atoms with E-state index in [1.807, 2.05) is 48.5 Å². The summed E-state index contributed by atoms with van der Waals surface area (Å²) < 4.78 is 0. The van der Waals surface area contributed by atoms with Crippen LogP contribution in [0.3, 0.4) is 0 Å². The molecule has 1 saturated carbocycles. The number of nitriles is 1. The first-order valence-corrected chi connectivity index (χ1v) is 7.09. The van der Waals surface area contributed by atoms with Gasteiger partial charge in [-0.1, -0.05) is 60.7 Å². The molecule has 1 aliphatic carbocycles. The summed E-state index contributed by atoms with van der Waals surface area (Å²) in [5, 5.41) is 12.1. The Bertz CT molecular complexity index is 661. The second-order valence-electron chi connectivity index (χ2n) is 5.34. The summed E-state index contributed by atoms with van der Waals surface area (Å²) in [6, 6.07) is 21.0. The maximum atomic E-state index is 12.3. The lowest BCUT2D eigenvalue weighted by molar-refractivity contribution is -0.122. The van der Waals surface area contributed by atoms with Gasteiger partial charge in [0.1, 0.15) is 6.04 Å². The molecule has 0 heterocycles.